The van der Waals surface area contributed by atoms with Crippen LogP contribution in [0.15, 0.2) is 29.8 Å². The van der Waals surface area contributed by atoms with Gasteiger partial charge in [0.15, 0.2) is 0 Å². The third kappa shape index (κ3) is 6.38. The van der Waals surface area contributed by atoms with Gasteiger partial charge in [0, 0.05) is 25.4 Å². The first-order valence-electron chi connectivity index (χ1n) is 13.1. The highest BCUT2D eigenvalue weighted by atomic mass is 32.1. The van der Waals surface area contributed by atoms with Crippen LogP contribution in [0.5, 0.6) is 0 Å². The predicted molar refractivity (Wildman–Crippen MR) is 144 cm³/mol. The Hall–Kier alpha value is -2.78. The van der Waals surface area contributed by atoms with Crippen molar-refractivity contribution in [2.24, 2.45) is 11.3 Å². The number of aliphatic hydroxyl groups excluding tert-OH is 1. The quantitative estimate of drug-likeness (QED) is 0.512. The Kier molecular flexibility index (Phi) is 8.33. The molecule has 0 spiro atoms. The van der Waals surface area contributed by atoms with E-state index in [0.29, 0.717) is 6.54 Å². The summed E-state index contributed by atoms with van der Waals surface area (Å²) in [6.45, 7) is 8.09. The maximum absolute atomic E-state index is 13.7. The summed E-state index contributed by atoms with van der Waals surface area (Å²) in [5, 5.41) is 16.3. The number of nitrogens with one attached hydrogen (secondary N) is 2. The molecular weight excluding hydrogens is 488 g/mol. The highest BCUT2D eigenvalue weighted by Gasteiger charge is 2.45. The number of nitrogens with zero attached hydrogens (tertiary/aromatic N) is 2. The Labute approximate surface area is 222 Å². The van der Waals surface area contributed by atoms with Crippen molar-refractivity contribution in [2.45, 2.75) is 84.5 Å². The van der Waals surface area contributed by atoms with E-state index < -0.39 is 23.6 Å². The maximum Gasteiger partial charge on any atom is 0.246 e. The van der Waals surface area contributed by atoms with Crippen LogP contribution >= 0.6 is 11.3 Å². The van der Waals surface area contributed by atoms with E-state index in [1.165, 1.54) is 4.90 Å². The van der Waals surface area contributed by atoms with E-state index in [2.05, 4.69) is 15.6 Å². The van der Waals surface area contributed by atoms with Gasteiger partial charge in [-0.1, -0.05) is 57.9 Å². The summed E-state index contributed by atoms with van der Waals surface area (Å²) in [5.41, 5.74) is 4.29. The molecule has 37 heavy (non-hydrogen) atoms. The lowest BCUT2D eigenvalue weighted by Gasteiger charge is -2.35. The van der Waals surface area contributed by atoms with Gasteiger partial charge in [0.05, 0.1) is 22.2 Å². The number of carbonyl (C=O) groups is 3. The van der Waals surface area contributed by atoms with Crippen molar-refractivity contribution < 1.29 is 19.5 Å². The number of hydrogen-bond donors (Lipinski definition) is 3. The Balaban J connectivity index is 1.41. The van der Waals surface area contributed by atoms with Crippen molar-refractivity contribution in [3.63, 3.8) is 0 Å². The summed E-state index contributed by atoms with van der Waals surface area (Å²) in [4.78, 5) is 46.6. The topological polar surface area (TPSA) is 112 Å². The van der Waals surface area contributed by atoms with Gasteiger partial charge < -0.3 is 20.6 Å². The zero-order valence-corrected chi connectivity index (χ0v) is 22.9. The molecule has 2 aliphatic rings. The van der Waals surface area contributed by atoms with Gasteiger partial charge in [0.1, 0.15) is 12.1 Å². The zero-order chi connectivity index (χ0) is 26.7. The average Bonchev–Trinajstić information content (AvgIpc) is 3.61. The van der Waals surface area contributed by atoms with E-state index in [1.807, 2.05) is 57.5 Å². The smallest absolute Gasteiger partial charge is 0.246 e. The number of carbonyl (C=O) groups excluding carboxylic acids is 3. The van der Waals surface area contributed by atoms with Crippen molar-refractivity contribution in [1.29, 1.82) is 0 Å². The maximum atomic E-state index is 13.7. The van der Waals surface area contributed by atoms with Crippen LogP contribution in [0.1, 0.15) is 64.1 Å². The summed E-state index contributed by atoms with van der Waals surface area (Å²) >= 11 is 1.59. The molecule has 1 aromatic heterocycles. The van der Waals surface area contributed by atoms with Crippen LogP contribution in [-0.2, 0) is 20.9 Å². The van der Waals surface area contributed by atoms with Crippen molar-refractivity contribution in [3.05, 3.63) is 41.0 Å². The van der Waals surface area contributed by atoms with Crippen LogP contribution in [0.2, 0.25) is 0 Å². The fourth-order valence-corrected chi connectivity index (χ4v) is 6.04. The molecule has 2 fully saturated rings. The van der Waals surface area contributed by atoms with Crippen molar-refractivity contribution in [2.75, 3.05) is 6.54 Å². The van der Waals surface area contributed by atoms with Crippen LogP contribution in [0.3, 0.4) is 0 Å². The second-order valence-corrected chi connectivity index (χ2v) is 12.2. The van der Waals surface area contributed by atoms with Gasteiger partial charge in [0.25, 0.3) is 0 Å². The normalized spacial score (nSPS) is 21.2. The summed E-state index contributed by atoms with van der Waals surface area (Å²) in [7, 11) is 0. The first-order valence-corrected chi connectivity index (χ1v) is 14.0. The molecule has 1 saturated carbocycles. The van der Waals surface area contributed by atoms with Crippen LogP contribution in [0.4, 0.5) is 0 Å². The number of benzene rings is 1. The number of thiazole rings is 1. The van der Waals surface area contributed by atoms with Gasteiger partial charge in [-0.2, -0.15) is 0 Å². The zero-order valence-electron chi connectivity index (χ0n) is 22.1. The van der Waals surface area contributed by atoms with Crippen molar-refractivity contribution in [3.8, 4) is 10.4 Å². The van der Waals surface area contributed by atoms with Crippen LogP contribution in [0.25, 0.3) is 10.4 Å². The largest absolute Gasteiger partial charge is 0.391 e. The molecule has 3 atom stereocenters. The van der Waals surface area contributed by atoms with Crippen LogP contribution in [0, 0.1) is 18.3 Å². The number of aryl methyl sites for hydroxylation is 1. The molecule has 0 unspecified atom stereocenters. The van der Waals surface area contributed by atoms with E-state index in [1.54, 1.807) is 11.3 Å². The molecule has 1 aliphatic carbocycles. The molecule has 4 rings (SSSR count). The number of amides is 3. The van der Waals surface area contributed by atoms with Gasteiger partial charge in [0.2, 0.25) is 17.7 Å². The Morgan fingerprint density at radius 2 is 1.81 bits per heavy atom. The van der Waals surface area contributed by atoms with Gasteiger partial charge >= 0.3 is 0 Å². The number of likely N-dealkylation sites (tertiary alicyclic amines) is 1. The molecule has 9 heteroatoms. The molecular formula is C28H38N4O4S. The summed E-state index contributed by atoms with van der Waals surface area (Å²) in [6, 6.07) is 6.40. The van der Waals surface area contributed by atoms with E-state index in [-0.39, 0.29) is 36.6 Å². The first kappa shape index (κ1) is 27.3. The predicted octanol–water partition coefficient (Wildman–Crippen LogP) is 3.42. The fourth-order valence-electron chi connectivity index (χ4n) is 5.23. The summed E-state index contributed by atoms with van der Waals surface area (Å²) in [6.07, 6.45) is 3.13. The van der Waals surface area contributed by atoms with Crippen molar-refractivity contribution in [1.82, 2.24) is 20.5 Å². The molecule has 2 heterocycles. The first-order chi connectivity index (χ1) is 17.5. The highest BCUT2D eigenvalue weighted by molar-refractivity contribution is 7.13. The van der Waals surface area contributed by atoms with Crippen molar-refractivity contribution >= 4 is 29.1 Å². The lowest BCUT2D eigenvalue weighted by Crippen LogP contribution is -2.58. The second-order valence-electron chi connectivity index (χ2n) is 11.4. The van der Waals surface area contributed by atoms with Gasteiger partial charge in [-0.25, -0.2) is 4.98 Å². The lowest BCUT2D eigenvalue weighted by atomic mass is 9.85. The Bertz CT molecular complexity index is 1120. The lowest BCUT2D eigenvalue weighted by molar-refractivity contribution is -0.144. The minimum Gasteiger partial charge on any atom is -0.391 e. The second kappa shape index (κ2) is 11.3. The van der Waals surface area contributed by atoms with Gasteiger partial charge in [-0.15, -0.1) is 11.3 Å². The molecule has 1 aliphatic heterocycles. The molecule has 0 radical (unpaired) electrons. The van der Waals surface area contributed by atoms with Gasteiger partial charge in [-0.05, 0) is 36.3 Å². The van der Waals surface area contributed by atoms with E-state index >= 15 is 0 Å². The molecule has 2 aromatic rings. The Morgan fingerprint density at radius 3 is 2.41 bits per heavy atom. The molecule has 3 N–H and O–H groups in total. The third-order valence-corrected chi connectivity index (χ3v) is 8.40. The summed E-state index contributed by atoms with van der Waals surface area (Å²) in [5.74, 6) is -0.780. The number of hydrogen-bond acceptors (Lipinski definition) is 6. The number of rotatable bonds is 7. The Morgan fingerprint density at radius 1 is 1.14 bits per heavy atom. The average molecular weight is 527 g/mol. The highest BCUT2D eigenvalue weighted by Crippen LogP contribution is 2.30. The number of aliphatic hydroxyl groups is 1. The third-order valence-electron chi connectivity index (χ3n) is 7.42. The van der Waals surface area contributed by atoms with E-state index in [4.69, 9.17) is 0 Å². The van der Waals surface area contributed by atoms with Crippen LogP contribution < -0.4 is 10.6 Å². The fraction of sp³-hybridized carbons (Fsp3) is 0.571. The number of β-amino-alcohol motifs (C(OH)–C–C–N with tert-alkyl or cyclic N) is 1. The number of aromatic nitrogens is 1. The molecule has 8 nitrogen and oxygen atoms in total. The molecule has 200 valence electrons. The van der Waals surface area contributed by atoms with E-state index in [9.17, 15) is 19.5 Å². The molecule has 1 saturated heterocycles. The monoisotopic (exact) mass is 526 g/mol. The molecule has 1 aromatic carbocycles. The SMILES string of the molecule is Cc1ncsc1-c1ccc(CNC(=O)[C@@H]2C[C@@H](O)CN2C(=O)[C@@H](NC(=O)C2CCCC2)C(C)(C)C)cc1. The summed E-state index contributed by atoms with van der Waals surface area (Å²) < 4.78 is 0. The minimum atomic E-state index is -0.784. The minimum absolute atomic E-state index is 0.0627. The van der Waals surface area contributed by atoms with E-state index in [0.717, 1.165) is 47.4 Å². The standard InChI is InChI=1S/C28H38N4O4S/c1-17-23(37-16-30-17)19-11-9-18(10-12-19)14-29-26(35)22-13-21(33)15-32(22)27(36)24(28(2,3)4)31-25(34)20-7-5-6-8-20/h9-12,16,20-22,24,33H,5-8,13-15H2,1-4H3,(H,29,35)(H,31,34)/t21-,22+,24-/m1/s1. The van der Waals surface area contributed by atoms with Crippen LogP contribution in [-0.4, -0.2) is 57.4 Å². The molecule has 3 amide bonds. The molecule has 0 bridgehead atoms. The van der Waals surface area contributed by atoms with Gasteiger partial charge in [-0.3, -0.25) is 14.4 Å².